The van der Waals surface area contributed by atoms with Crippen LogP contribution in [0.4, 0.5) is 0 Å². The molecule has 1 aliphatic rings. The van der Waals surface area contributed by atoms with Gasteiger partial charge in [-0.05, 0) is 54.3 Å². The van der Waals surface area contributed by atoms with Gasteiger partial charge in [-0.2, -0.15) is 4.98 Å². The maximum absolute atomic E-state index is 13.8. The molecule has 9 nitrogen and oxygen atoms in total. The number of ether oxygens (including phenoxy) is 2. The van der Waals surface area contributed by atoms with E-state index in [1.54, 1.807) is 4.57 Å². The highest BCUT2D eigenvalue weighted by Crippen LogP contribution is 2.31. The van der Waals surface area contributed by atoms with Crippen LogP contribution in [0.15, 0.2) is 80.8 Å². The van der Waals surface area contributed by atoms with Crippen molar-refractivity contribution in [3.63, 3.8) is 0 Å². The van der Waals surface area contributed by atoms with Crippen LogP contribution in [-0.4, -0.2) is 32.9 Å². The lowest BCUT2D eigenvalue weighted by atomic mass is 9.97. The molecule has 5 aromatic rings. The molecule has 0 aliphatic carbocycles. The number of hydrogen-bond donors (Lipinski definition) is 1. The molecule has 0 saturated carbocycles. The van der Waals surface area contributed by atoms with Crippen molar-refractivity contribution in [2.75, 3.05) is 13.2 Å². The Morgan fingerprint density at radius 3 is 2.56 bits per heavy atom. The van der Waals surface area contributed by atoms with Crippen LogP contribution in [0.5, 0.6) is 11.6 Å². The van der Waals surface area contributed by atoms with Crippen molar-refractivity contribution in [1.29, 1.82) is 0 Å². The van der Waals surface area contributed by atoms with Crippen molar-refractivity contribution in [3.8, 4) is 39.8 Å². The van der Waals surface area contributed by atoms with Crippen LogP contribution in [-0.2, 0) is 12.8 Å². The number of aryl methyl sites for hydroxylation is 1. The van der Waals surface area contributed by atoms with Gasteiger partial charge in [-0.3, -0.25) is 18.9 Å². The Bertz CT molecular complexity index is 1780. The Balaban J connectivity index is 1.36. The normalized spacial score (nSPS) is 12.3. The fraction of sp³-hybridized carbons (Fsp3) is 0.200. The van der Waals surface area contributed by atoms with E-state index in [0.717, 1.165) is 45.7 Å². The molecule has 1 aliphatic heterocycles. The van der Waals surface area contributed by atoms with Crippen molar-refractivity contribution in [1.82, 2.24) is 19.7 Å². The van der Waals surface area contributed by atoms with Crippen LogP contribution in [0.3, 0.4) is 0 Å². The fourth-order valence-electron chi connectivity index (χ4n) is 4.95. The number of nitrogens with zero attached hydrogens (tertiary/aromatic N) is 3. The summed E-state index contributed by atoms with van der Waals surface area (Å²) < 4.78 is 17.8. The SMILES string of the molecule is CCOc1nc(C)n(-c2ccc3c(c2)CCO3)c(=O)c1Cc1ccc(-c2ccccc2-c2noc(=O)[nH]2)cc1. The maximum atomic E-state index is 13.8. The molecule has 0 radical (unpaired) electrons. The van der Waals surface area contributed by atoms with Gasteiger partial charge < -0.3 is 9.47 Å². The first-order valence-corrected chi connectivity index (χ1v) is 12.8. The number of nitrogens with one attached hydrogen (secondary N) is 1. The van der Waals surface area contributed by atoms with Crippen LogP contribution in [0.1, 0.15) is 29.4 Å². The van der Waals surface area contributed by atoms with Gasteiger partial charge >= 0.3 is 5.76 Å². The standard InChI is InChI=1S/C30H26N4O5/c1-3-37-28-25(29(35)34(18(2)31-28)22-12-13-26-21(17-22)14-15-38-26)16-19-8-10-20(11-9-19)23-6-4-5-7-24(23)27-32-30(36)39-33-27/h4-13,17H,3,14-16H2,1-2H3,(H,32,33,36). The monoisotopic (exact) mass is 522 g/mol. The first-order chi connectivity index (χ1) is 19.0. The van der Waals surface area contributed by atoms with Gasteiger partial charge in [0.25, 0.3) is 5.56 Å². The van der Waals surface area contributed by atoms with Crippen molar-refractivity contribution in [3.05, 3.63) is 110 Å². The molecule has 0 saturated heterocycles. The molecule has 1 N–H and O–H groups in total. The number of aromatic nitrogens is 4. The summed E-state index contributed by atoms with van der Waals surface area (Å²) in [7, 11) is 0. The second-order valence-corrected chi connectivity index (χ2v) is 9.27. The number of benzene rings is 3. The molecular weight excluding hydrogens is 496 g/mol. The fourth-order valence-corrected chi connectivity index (χ4v) is 4.95. The number of hydrogen-bond acceptors (Lipinski definition) is 7. The van der Waals surface area contributed by atoms with Crippen molar-refractivity contribution < 1.29 is 14.0 Å². The summed E-state index contributed by atoms with van der Waals surface area (Å²) in [6.07, 6.45) is 1.17. The summed E-state index contributed by atoms with van der Waals surface area (Å²) in [6.45, 7) is 4.74. The number of fused-ring (bicyclic) bond motifs is 1. The van der Waals surface area contributed by atoms with Crippen molar-refractivity contribution in [2.24, 2.45) is 0 Å². The van der Waals surface area contributed by atoms with E-state index < -0.39 is 5.76 Å². The van der Waals surface area contributed by atoms with Gasteiger partial charge in [-0.25, -0.2) is 4.79 Å². The average molecular weight is 523 g/mol. The smallest absolute Gasteiger partial charge is 0.439 e. The zero-order valence-electron chi connectivity index (χ0n) is 21.6. The molecule has 0 fully saturated rings. The lowest BCUT2D eigenvalue weighted by Gasteiger charge is -2.16. The van der Waals surface area contributed by atoms with E-state index >= 15 is 0 Å². The van der Waals surface area contributed by atoms with E-state index in [4.69, 9.17) is 14.0 Å². The van der Waals surface area contributed by atoms with E-state index in [-0.39, 0.29) is 5.56 Å². The molecule has 2 aromatic heterocycles. The van der Waals surface area contributed by atoms with E-state index in [1.165, 1.54) is 0 Å². The minimum absolute atomic E-state index is 0.158. The van der Waals surface area contributed by atoms with Gasteiger partial charge in [0.15, 0.2) is 5.82 Å². The van der Waals surface area contributed by atoms with Gasteiger partial charge in [-0.15, -0.1) is 0 Å². The molecule has 0 amide bonds. The van der Waals surface area contributed by atoms with Crippen molar-refractivity contribution >= 4 is 0 Å². The predicted octanol–water partition coefficient (Wildman–Crippen LogP) is 4.48. The zero-order valence-corrected chi connectivity index (χ0v) is 21.6. The van der Waals surface area contributed by atoms with Crippen LogP contribution in [0, 0.1) is 6.92 Å². The third-order valence-corrected chi connectivity index (χ3v) is 6.79. The summed E-state index contributed by atoms with van der Waals surface area (Å²) in [6, 6.07) is 21.3. The first kappa shape index (κ1) is 24.4. The van der Waals surface area contributed by atoms with Crippen molar-refractivity contribution in [2.45, 2.75) is 26.7 Å². The zero-order chi connectivity index (χ0) is 26.9. The third kappa shape index (κ3) is 4.63. The van der Waals surface area contributed by atoms with E-state index in [2.05, 4.69) is 15.1 Å². The lowest BCUT2D eigenvalue weighted by molar-refractivity contribution is 0.320. The van der Waals surface area contributed by atoms with Gasteiger partial charge in [0.2, 0.25) is 5.88 Å². The molecule has 0 spiro atoms. The highest BCUT2D eigenvalue weighted by molar-refractivity contribution is 5.80. The highest BCUT2D eigenvalue weighted by atomic mass is 16.5. The number of rotatable bonds is 7. The highest BCUT2D eigenvalue weighted by Gasteiger charge is 2.20. The summed E-state index contributed by atoms with van der Waals surface area (Å²) >= 11 is 0. The topological polar surface area (TPSA) is 112 Å². The van der Waals surface area contributed by atoms with E-state index in [9.17, 15) is 9.59 Å². The van der Waals surface area contributed by atoms with Gasteiger partial charge in [0.05, 0.1) is 24.5 Å². The summed E-state index contributed by atoms with van der Waals surface area (Å²) in [5.41, 5.74) is 5.69. The molecular formula is C30H26N4O5. The van der Waals surface area contributed by atoms with Crippen LogP contribution < -0.4 is 20.8 Å². The molecule has 0 unspecified atom stereocenters. The van der Waals surface area contributed by atoms with Crippen LogP contribution in [0.2, 0.25) is 0 Å². The Labute approximate surface area is 223 Å². The molecule has 0 atom stereocenters. The average Bonchev–Trinajstić information content (AvgIpc) is 3.60. The quantitative estimate of drug-likeness (QED) is 0.335. The van der Waals surface area contributed by atoms with E-state index in [1.807, 2.05) is 80.6 Å². The molecule has 3 aromatic carbocycles. The van der Waals surface area contributed by atoms with Crippen LogP contribution >= 0.6 is 0 Å². The summed E-state index contributed by atoms with van der Waals surface area (Å²) in [4.78, 5) is 32.6. The second kappa shape index (κ2) is 10.1. The first-order valence-electron chi connectivity index (χ1n) is 12.8. The second-order valence-electron chi connectivity index (χ2n) is 9.27. The third-order valence-electron chi connectivity index (χ3n) is 6.79. The predicted molar refractivity (Wildman–Crippen MR) is 146 cm³/mol. The Kier molecular flexibility index (Phi) is 6.32. The number of H-pyrrole nitrogens is 1. The molecule has 9 heteroatoms. The van der Waals surface area contributed by atoms with Crippen LogP contribution in [0.25, 0.3) is 28.2 Å². The van der Waals surface area contributed by atoms with Gasteiger partial charge in [0, 0.05) is 18.4 Å². The largest absolute Gasteiger partial charge is 0.493 e. The van der Waals surface area contributed by atoms with Gasteiger partial charge in [0.1, 0.15) is 11.6 Å². The minimum Gasteiger partial charge on any atom is -0.493 e. The Morgan fingerprint density at radius 1 is 1.03 bits per heavy atom. The molecule has 196 valence electrons. The summed E-state index contributed by atoms with van der Waals surface area (Å²) in [5, 5.41) is 3.83. The van der Waals surface area contributed by atoms with Gasteiger partial charge in [-0.1, -0.05) is 53.7 Å². The Hall–Kier alpha value is -4.92. The minimum atomic E-state index is -0.606. The molecule has 3 heterocycles. The van der Waals surface area contributed by atoms with E-state index in [0.29, 0.717) is 42.7 Å². The lowest BCUT2D eigenvalue weighted by Crippen LogP contribution is -2.27. The number of aromatic amines is 1. The molecule has 39 heavy (non-hydrogen) atoms. The molecule has 6 rings (SSSR count). The Morgan fingerprint density at radius 2 is 1.82 bits per heavy atom. The maximum Gasteiger partial charge on any atom is 0.439 e. The molecule has 0 bridgehead atoms. The summed E-state index contributed by atoms with van der Waals surface area (Å²) in [5.74, 6) is 1.53.